The van der Waals surface area contributed by atoms with Gasteiger partial charge in [-0.2, -0.15) is 5.10 Å². The van der Waals surface area contributed by atoms with Gasteiger partial charge in [-0.3, -0.25) is 4.79 Å². The number of benzene rings is 2. The molecule has 6 nitrogen and oxygen atoms in total. The van der Waals surface area contributed by atoms with Crippen molar-refractivity contribution < 1.29 is 14.3 Å². The highest BCUT2D eigenvalue weighted by atomic mass is 16.5. The van der Waals surface area contributed by atoms with Crippen LogP contribution in [0.5, 0.6) is 11.5 Å². The van der Waals surface area contributed by atoms with E-state index in [1.807, 2.05) is 48.5 Å². The summed E-state index contributed by atoms with van der Waals surface area (Å²) in [5.41, 5.74) is 4.17. The maximum atomic E-state index is 11.7. The summed E-state index contributed by atoms with van der Waals surface area (Å²) in [5.74, 6) is 1.31. The number of hydrazone groups is 1. The number of hydrogen-bond acceptors (Lipinski definition) is 5. The predicted molar refractivity (Wildman–Crippen MR) is 90.2 cm³/mol. The van der Waals surface area contributed by atoms with Crippen molar-refractivity contribution in [2.24, 2.45) is 5.10 Å². The molecule has 120 valence electrons. The zero-order valence-electron chi connectivity index (χ0n) is 13.1. The molecule has 0 aliphatic carbocycles. The van der Waals surface area contributed by atoms with Crippen LogP contribution in [0.3, 0.4) is 0 Å². The second-order valence-corrected chi connectivity index (χ2v) is 4.65. The molecular formula is C17H19N3O3. The lowest BCUT2D eigenvalue weighted by Crippen LogP contribution is -2.25. The first-order chi connectivity index (χ1) is 11.2. The topological polar surface area (TPSA) is 72.0 Å². The van der Waals surface area contributed by atoms with Gasteiger partial charge >= 0.3 is 0 Å². The molecule has 0 saturated carbocycles. The number of methoxy groups -OCH3 is 2. The van der Waals surface area contributed by atoms with Crippen molar-refractivity contribution >= 4 is 17.8 Å². The Kier molecular flexibility index (Phi) is 5.99. The molecule has 0 radical (unpaired) electrons. The number of nitrogens with zero attached hydrogens (tertiary/aromatic N) is 1. The third-order valence-corrected chi connectivity index (χ3v) is 3.06. The molecule has 0 unspecified atom stereocenters. The number of rotatable bonds is 7. The third kappa shape index (κ3) is 5.35. The van der Waals surface area contributed by atoms with Gasteiger partial charge in [-0.1, -0.05) is 0 Å². The van der Waals surface area contributed by atoms with Gasteiger partial charge in [-0.15, -0.1) is 0 Å². The lowest BCUT2D eigenvalue weighted by molar-refractivity contribution is -0.119. The van der Waals surface area contributed by atoms with Crippen molar-refractivity contribution in [2.75, 3.05) is 26.1 Å². The molecule has 0 saturated heterocycles. The lowest BCUT2D eigenvalue weighted by atomic mass is 10.2. The highest BCUT2D eigenvalue weighted by molar-refractivity contribution is 5.84. The number of carbonyl (C=O) groups is 1. The van der Waals surface area contributed by atoms with Crippen LogP contribution < -0.4 is 20.2 Å². The predicted octanol–water partition coefficient (Wildman–Crippen LogP) is 2.27. The van der Waals surface area contributed by atoms with Gasteiger partial charge in [0.15, 0.2) is 0 Å². The summed E-state index contributed by atoms with van der Waals surface area (Å²) >= 11 is 0. The molecule has 2 aromatic rings. The Labute approximate surface area is 135 Å². The molecule has 6 heteroatoms. The molecule has 23 heavy (non-hydrogen) atoms. The fourth-order valence-corrected chi connectivity index (χ4v) is 1.80. The third-order valence-electron chi connectivity index (χ3n) is 3.06. The van der Waals surface area contributed by atoms with Crippen molar-refractivity contribution in [3.05, 3.63) is 54.1 Å². The van der Waals surface area contributed by atoms with Crippen LogP contribution >= 0.6 is 0 Å². The van der Waals surface area contributed by atoms with E-state index in [4.69, 9.17) is 9.47 Å². The average molecular weight is 313 g/mol. The molecule has 0 spiro atoms. The van der Waals surface area contributed by atoms with Crippen LogP contribution in [0, 0.1) is 0 Å². The summed E-state index contributed by atoms with van der Waals surface area (Å²) in [5, 5.41) is 6.91. The molecule has 0 fully saturated rings. The van der Waals surface area contributed by atoms with Crippen LogP contribution in [-0.2, 0) is 4.79 Å². The zero-order chi connectivity index (χ0) is 16.5. The number of anilines is 1. The van der Waals surface area contributed by atoms with Gasteiger partial charge in [0.1, 0.15) is 11.5 Å². The minimum atomic E-state index is -0.231. The minimum Gasteiger partial charge on any atom is -0.497 e. The Balaban J connectivity index is 1.76. The summed E-state index contributed by atoms with van der Waals surface area (Å²) in [4.78, 5) is 11.7. The van der Waals surface area contributed by atoms with Gasteiger partial charge < -0.3 is 14.8 Å². The van der Waals surface area contributed by atoms with E-state index in [2.05, 4.69) is 15.8 Å². The maximum Gasteiger partial charge on any atom is 0.259 e. The van der Waals surface area contributed by atoms with Crippen molar-refractivity contribution in [1.82, 2.24) is 5.43 Å². The van der Waals surface area contributed by atoms with E-state index < -0.39 is 0 Å². The SMILES string of the molecule is COc1ccc(/C=N\NC(=O)CNc2ccc(OC)cc2)cc1. The summed E-state index contributed by atoms with van der Waals surface area (Å²) in [6.45, 7) is 0.131. The Morgan fingerprint density at radius 1 is 1.00 bits per heavy atom. The van der Waals surface area contributed by atoms with Crippen LogP contribution in [0.15, 0.2) is 53.6 Å². The van der Waals surface area contributed by atoms with Crippen LogP contribution in [0.2, 0.25) is 0 Å². The average Bonchev–Trinajstić information content (AvgIpc) is 2.61. The molecule has 2 aromatic carbocycles. The fraction of sp³-hybridized carbons (Fsp3) is 0.176. The second-order valence-electron chi connectivity index (χ2n) is 4.65. The minimum absolute atomic E-state index is 0.131. The molecule has 1 amide bonds. The van der Waals surface area contributed by atoms with E-state index in [1.165, 1.54) is 0 Å². The standard InChI is InChI=1S/C17H19N3O3/c1-22-15-7-3-13(4-8-15)11-19-20-17(21)12-18-14-5-9-16(23-2)10-6-14/h3-11,18H,12H2,1-2H3,(H,20,21)/b19-11-. The van der Waals surface area contributed by atoms with Gasteiger partial charge in [-0.25, -0.2) is 5.43 Å². The summed E-state index contributed by atoms with van der Waals surface area (Å²) in [7, 11) is 3.22. The smallest absolute Gasteiger partial charge is 0.259 e. The first-order valence-corrected chi connectivity index (χ1v) is 7.05. The van der Waals surface area contributed by atoms with Crippen molar-refractivity contribution in [3.63, 3.8) is 0 Å². The first-order valence-electron chi connectivity index (χ1n) is 7.05. The van der Waals surface area contributed by atoms with Gasteiger partial charge in [0.25, 0.3) is 5.91 Å². The normalized spacial score (nSPS) is 10.3. The molecule has 0 aliphatic rings. The molecule has 0 heterocycles. The van der Waals surface area contributed by atoms with Crippen LogP contribution in [0.1, 0.15) is 5.56 Å². The van der Waals surface area contributed by atoms with E-state index in [0.29, 0.717) is 0 Å². The summed E-state index contributed by atoms with van der Waals surface area (Å²) < 4.78 is 10.1. The van der Waals surface area contributed by atoms with E-state index >= 15 is 0 Å². The number of nitrogens with one attached hydrogen (secondary N) is 2. The molecule has 0 aliphatic heterocycles. The molecule has 2 rings (SSSR count). The monoisotopic (exact) mass is 313 g/mol. The van der Waals surface area contributed by atoms with E-state index in [-0.39, 0.29) is 12.5 Å². The highest BCUT2D eigenvalue weighted by Crippen LogP contribution is 2.14. The van der Waals surface area contributed by atoms with E-state index in [0.717, 1.165) is 22.7 Å². The largest absolute Gasteiger partial charge is 0.497 e. The van der Waals surface area contributed by atoms with Crippen LogP contribution in [-0.4, -0.2) is 32.9 Å². The number of carbonyl (C=O) groups excluding carboxylic acids is 1. The number of ether oxygens (including phenoxy) is 2. The Bertz CT molecular complexity index is 652. The highest BCUT2D eigenvalue weighted by Gasteiger charge is 2.00. The second kappa shape index (κ2) is 8.43. The lowest BCUT2D eigenvalue weighted by Gasteiger charge is -2.06. The summed E-state index contributed by atoms with van der Waals surface area (Å²) in [6, 6.07) is 14.7. The van der Waals surface area contributed by atoms with Crippen LogP contribution in [0.25, 0.3) is 0 Å². The zero-order valence-corrected chi connectivity index (χ0v) is 13.1. The van der Waals surface area contributed by atoms with E-state index in [1.54, 1.807) is 20.4 Å². The quantitative estimate of drug-likeness (QED) is 0.607. The fourth-order valence-electron chi connectivity index (χ4n) is 1.80. The van der Waals surface area contributed by atoms with Crippen molar-refractivity contribution in [2.45, 2.75) is 0 Å². The number of amides is 1. The summed E-state index contributed by atoms with van der Waals surface area (Å²) in [6.07, 6.45) is 1.57. The molecular weight excluding hydrogens is 294 g/mol. The van der Waals surface area contributed by atoms with Gasteiger partial charge in [0.2, 0.25) is 0 Å². The van der Waals surface area contributed by atoms with E-state index in [9.17, 15) is 4.79 Å². The number of hydrogen-bond donors (Lipinski definition) is 2. The van der Waals surface area contributed by atoms with Crippen molar-refractivity contribution in [1.29, 1.82) is 0 Å². The first kappa shape index (κ1) is 16.4. The molecule has 0 aromatic heterocycles. The van der Waals surface area contributed by atoms with Crippen molar-refractivity contribution in [3.8, 4) is 11.5 Å². The Morgan fingerprint density at radius 2 is 1.57 bits per heavy atom. The molecule has 0 atom stereocenters. The van der Waals surface area contributed by atoms with Crippen LogP contribution in [0.4, 0.5) is 5.69 Å². The van der Waals surface area contributed by atoms with Gasteiger partial charge in [0, 0.05) is 5.69 Å². The molecule has 2 N–H and O–H groups in total. The molecule has 0 bridgehead atoms. The van der Waals surface area contributed by atoms with Gasteiger partial charge in [-0.05, 0) is 54.1 Å². The Hall–Kier alpha value is -3.02. The maximum absolute atomic E-state index is 11.7. The van der Waals surface area contributed by atoms with Gasteiger partial charge in [0.05, 0.1) is 27.0 Å². The Morgan fingerprint density at radius 3 is 2.13 bits per heavy atom.